The SMILES string of the molecule is CC(=O)N1C[C@@H]2C[C@H]1c1c(O)n(-c3ccc([N+](=O)[O-])c4ccccc34)c(=O)n12. The van der Waals surface area contributed by atoms with E-state index in [1.165, 1.54) is 23.6 Å². The fourth-order valence-electron chi connectivity index (χ4n) is 4.63. The molecule has 0 aliphatic carbocycles. The molecule has 142 valence electrons. The molecule has 3 aromatic rings. The van der Waals surface area contributed by atoms with Crippen LogP contribution in [0.5, 0.6) is 5.88 Å². The lowest BCUT2D eigenvalue weighted by molar-refractivity contribution is -0.383. The Labute approximate surface area is 158 Å². The number of likely N-dealkylation sites (tertiary alicyclic amines) is 1. The maximum absolute atomic E-state index is 13.1. The number of imidazole rings is 1. The maximum Gasteiger partial charge on any atom is 0.336 e. The minimum Gasteiger partial charge on any atom is -0.493 e. The third kappa shape index (κ3) is 1.95. The number of nitro groups is 1. The molecule has 1 N–H and O–H groups in total. The second kappa shape index (κ2) is 5.44. The molecule has 2 aliphatic heterocycles. The summed E-state index contributed by atoms with van der Waals surface area (Å²) in [6, 6.07) is 9.01. The van der Waals surface area contributed by atoms with E-state index in [4.69, 9.17) is 0 Å². The van der Waals surface area contributed by atoms with Gasteiger partial charge in [-0.25, -0.2) is 9.36 Å². The van der Waals surface area contributed by atoms with Crippen molar-refractivity contribution in [1.29, 1.82) is 0 Å². The first-order chi connectivity index (χ1) is 13.4. The van der Waals surface area contributed by atoms with E-state index >= 15 is 0 Å². The molecule has 9 heteroatoms. The average Bonchev–Trinajstić information content (AvgIpc) is 3.33. The van der Waals surface area contributed by atoms with Crippen LogP contribution in [0.25, 0.3) is 16.5 Å². The largest absolute Gasteiger partial charge is 0.493 e. The minimum absolute atomic E-state index is 0.0681. The number of amides is 1. The smallest absolute Gasteiger partial charge is 0.336 e. The second-order valence-corrected chi connectivity index (χ2v) is 7.18. The van der Waals surface area contributed by atoms with E-state index < -0.39 is 10.6 Å². The lowest BCUT2D eigenvalue weighted by atomic mass is 10.1. The molecule has 5 rings (SSSR count). The van der Waals surface area contributed by atoms with Crippen LogP contribution in [0.4, 0.5) is 5.69 Å². The van der Waals surface area contributed by atoms with E-state index in [-0.39, 0.29) is 29.6 Å². The van der Waals surface area contributed by atoms with Crippen molar-refractivity contribution >= 4 is 22.4 Å². The summed E-state index contributed by atoms with van der Waals surface area (Å²) in [4.78, 5) is 37.6. The van der Waals surface area contributed by atoms with Crippen LogP contribution in [-0.2, 0) is 4.79 Å². The Morgan fingerprint density at radius 3 is 2.61 bits per heavy atom. The molecule has 2 bridgehead atoms. The third-order valence-corrected chi connectivity index (χ3v) is 5.78. The highest BCUT2D eigenvalue weighted by molar-refractivity contribution is 5.97. The molecule has 1 saturated heterocycles. The van der Waals surface area contributed by atoms with Crippen molar-refractivity contribution in [2.45, 2.75) is 25.4 Å². The highest BCUT2D eigenvalue weighted by Gasteiger charge is 2.48. The number of carbonyl (C=O) groups is 1. The summed E-state index contributed by atoms with van der Waals surface area (Å²) in [6.07, 6.45) is 0.611. The van der Waals surface area contributed by atoms with Gasteiger partial charge in [-0.2, -0.15) is 0 Å². The number of hydrogen-bond donors (Lipinski definition) is 1. The molecule has 3 heterocycles. The van der Waals surface area contributed by atoms with E-state index in [2.05, 4.69) is 0 Å². The molecular weight excluding hydrogens is 364 g/mol. The number of nitrogens with zero attached hydrogens (tertiary/aromatic N) is 4. The monoisotopic (exact) mass is 380 g/mol. The van der Waals surface area contributed by atoms with Crippen LogP contribution in [0.2, 0.25) is 0 Å². The molecule has 0 spiro atoms. The van der Waals surface area contributed by atoms with Gasteiger partial charge >= 0.3 is 5.69 Å². The van der Waals surface area contributed by atoms with Crippen molar-refractivity contribution in [3.05, 3.63) is 62.7 Å². The van der Waals surface area contributed by atoms with Crippen LogP contribution in [0.1, 0.15) is 31.1 Å². The predicted molar refractivity (Wildman–Crippen MR) is 99.6 cm³/mol. The first kappa shape index (κ1) is 16.5. The van der Waals surface area contributed by atoms with Gasteiger partial charge in [0.2, 0.25) is 11.8 Å². The van der Waals surface area contributed by atoms with Crippen LogP contribution in [0, 0.1) is 10.1 Å². The van der Waals surface area contributed by atoms with Gasteiger partial charge in [-0.1, -0.05) is 18.2 Å². The highest BCUT2D eigenvalue weighted by Crippen LogP contribution is 2.48. The maximum atomic E-state index is 13.1. The predicted octanol–water partition coefficient (Wildman–Crippen LogP) is 2.25. The van der Waals surface area contributed by atoms with Crippen molar-refractivity contribution in [3.8, 4) is 11.6 Å². The fraction of sp³-hybridized carbons (Fsp3) is 0.263. The molecule has 2 aromatic carbocycles. The Hall–Kier alpha value is -3.62. The van der Waals surface area contributed by atoms with Crippen LogP contribution in [-0.4, -0.2) is 36.5 Å². The molecule has 9 nitrogen and oxygen atoms in total. The molecule has 0 radical (unpaired) electrons. The minimum atomic E-state index is -0.473. The number of nitro benzene ring substituents is 1. The summed E-state index contributed by atoms with van der Waals surface area (Å²) in [5.41, 5.74) is 0.335. The number of aromatic hydroxyl groups is 1. The molecule has 0 unspecified atom stereocenters. The Morgan fingerprint density at radius 2 is 1.93 bits per heavy atom. The lowest BCUT2D eigenvalue weighted by Gasteiger charge is -2.26. The third-order valence-electron chi connectivity index (χ3n) is 5.78. The van der Waals surface area contributed by atoms with Crippen LogP contribution in [0.3, 0.4) is 0 Å². The zero-order chi connectivity index (χ0) is 19.7. The number of non-ortho nitro benzene ring substituents is 1. The van der Waals surface area contributed by atoms with Crippen LogP contribution >= 0.6 is 0 Å². The molecule has 2 atom stereocenters. The normalized spacial score (nSPS) is 20.0. The number of carbonyl (C=O) groups excluding carboxylic acids is 1. The summed E-state index contributed by atoms with van der Waals surface area (Å²) in [6.45, 7) is 1.92. The Kier molecular flexibility index (Phi) is 3.22. The van der Waals surface area contributed by atoms with Crippen molar-refractivity contribution in [2.24, 2.45) is 0 Å². The molecule has 1 fully saturated rings. The number of benzene rings is 2. The van der Waals surface area contributed by atoms with Crippen LogP contribution in [0.15, 0.2) is 41.2 Å². The van der Waals surface area contributed by atoms with E-state index in [1.54, 1.807) is 33.7 Å². The van der Waals surface area contributed by atoms with E-state index in [1.807, 2.05) is 0 Å². The average molecular weight is 380 g/mol. The van der Waals surface area contributed by atoms with Crippen molar-refractivity contribution in [3.63, 3.8) is 0 Å². The Morgan fingerprint density at radius 1 is 1.21 bits per heavy atom. The topological polar surface area (TPSA) is 111 Å². The van der Waals surface area contributed by atoms with E-state index in [0.29, 0.717) is 35.1 Å². The van der Waals surface area contributed by atoms with Gasteiger partial charge in [0.15, 0.2) is 0 Å². The van der Waals surface area contributed by atoms with Gasteiger partial charge in [-0.3, -0.25) is 19.5 Å². The summed E-state index contributed by atoms with van der Waals surface area (Å²) < 4.78 is 2.74. The van der Waals surface area contributed by atoms with E-state index in [9.17, 15) is 24.8 Å². The summed E-state index contributed by atoms with van der Waals surface area (Å²) >= 11 is 0. The number of aromatic nitrogens is 2. The number of hydrogen-bond acceptors (Lipinski definition) is 5. The van der Waals surface area contributed by atoms with Crippen molar-refractivity contribution in [1.82, 2.24) is 14.0 Å². The molecule has 2 aliphatic rings. The zero-order valence-electron chi connectivity index (χ0n) is 14.9. The molecule has 28 heavy (non-hydrogen) atoms. The van der Waals surface area contributed by atoms with Gasteiger partial charge in [0.1, 0.15) is 5.69 Å². The summed E-state index contributed by atoms with van der Waals surface area (Å²) in [5.74, 6) is -0.318. The van der Waals surface area contributed by atoms with Crippen LogP contribution < -0.4 is 5.69 Å². The molecule has 1 amide bonds. The van der Waals surface area contributed by atoms with Gasteiger partial charge < -0.3 is 10.0 Å². The fourth-order valence-corrected chi connectivity index (χ4v) is 4.63. The zero-order valence-corrected chi connectivity index (χ0v) is 14.9. The van der Waals surface area contributed by atoms with Gasteiger partial charge in [-0.15, -0.1) is 0 Å². The number of rotatable bonds is 2. The summed E-state index contributed by atoms with van der Waals surface area (Å²) in [5, 5.41) is 23.1. The van der Waals surface area contributed by atoms with Gasteiger partial charge in [0.05, 0.1) is 28.1 Å². The Bertz CT molecular complexity index is 1240. The van der Waals surface area contributed by atoms with E-state index in [0.717, 1.165) is 0 Å². The second-order valence-electron chi connectivity index (χ2n) is 7.18. The van der Waals surface area contributed by atoms with Gasteiger partial charge in [0.25, 0.3) is 5.69 Å². The van der Waals surface area contributed by atoms with Crippen molar-refractivity contribution < 1.29 is 14.8 Å². The lowest BCUT2D eigenvalue weighted by Crippen LogP contribution is -2.36. The summed E-state index contributed by atoms with van der Waals surface area (Å²) in [7, 11) is 0. The first-order valence-electron chi connectivity index (χ1n) is 8.90. The standard InChI is InChI=1S/C19H16N4O5/c1-10(24)20-9-11-8-16(20)17-18(25)22(19(26)21(11)17)14-6-7-15(23(27)28)13-5-3-2-4-12(13)14/h2-7,11,16,25H,8-9H2,1H3/t11-,16-/m0/s1. The first-order valence-corrected chi connectivity index (χ1v) is 8.90. The molecular formula is C19H16N4O5. The van der Waals surface area contributed by atoms with Gasteiger partial charge in [-0.05, 0) is 18.6 Å². The number of fused-ring (bicyclic) bond motifs is 6. The molecule has 0 saturated carbocycles. The molecule has 1 aromatic heterocycles. The highest BCUT2D eigenvalue weighted by atomic mass is 16.6. The quantitative estimate of drug-likeness (QED) is 0.541. The van der Waals surface area contributed by atoms with Crippen molar-refractivity contribution in [2.75, 3.05) is 6.54 Å². The van der Waals surface area contributed by atoms with Gasteiger partial charge in [0, 0.05) is 24.9 Å². The Balaban J connectivity index is 1.77.